The monoisotopic (exact) mass is 1070 g/mol. The van der Waals surface area contributed by atoms with E-state index in [1.165, 1.54) is 0 Å². The first-order valence-corrected chi connectivity index (χ1v) is 23.5. The Bertz CT molecular complexity index is 2060. The first kappa shape index (κ1) is 66.7. The fourth-order valence-electron chi connectivity index (χ4n) is 6.57. The number of carboxylic acids is 2. The molecule has 34 heteroatoms. The van der Waals surface area contributed by atoms with Gasteiger partial charge in [0.2, 0.25) is 47.3 Å². The number of hydrogen-bond acceptors (Lipinski definition) is 16. The zero-order valence-electron chi connectivity index (χ0n) is 42.0. The van der Waals surface area contributed by atoms with Gasteiger partial charge in [-0.25, -0.2) is 4.79 Å². The van der Waals surface area contributed by atoms with Crippen molar-refractivity contribution in [2.75, 3.05) is 32.8 Å². The van der Waals surface area contributed by atoms with E-state index in [0.29, 0.717) is 0 Å². The summed E-state index contributed by atoms with van der Waals surface area (Å²) in [6.07, 6.45) is -2.47. The van der Waals surface area contributed by atoms with E-state index in [9.17, 15) is 63.3 Å². The molecule has 8 atom stereocenters. The van der Waals surface area contributed by atoms with Crippen molar-refractivity contribution >= 4 is 83.0 Å². The van der Waals surface area contributed by atoms with Crippen molar-refractivity contribution in [1.82, 2.24) is 37.2 Å². The number of aliphatic carboxylic acids is 2. The average molecular weight is 1070 g/mol. The fourth-order valence-corrected chi connectivity index (χ4v) is 6.57. The van der Waals surface area contributed by atoms with Gasteiger partial charge in [0, 0.05) is 26.2 Å². The van der Waals surface area contributed by atoms with Crippen LogP contribution in [-0.4, -0.2) is 179 Å². The van der Waals surface area contributed by atoms with Gasteiger partial charge in [0.25, 0.3) is 0 Å². The largest absolute Gasteiger partial charge is 0.481 e. The van der Waals surface area contributed by atoms with Crippen LogP contribution in [0.4, 0.5) is 0 Å². The van der Waals surface area contributed by atoms with Crippen LogP contribution in [0, 0.1) is 5.92 Å². The van der Waals surface area contributed by atoms with E-state index in [-0.39, 0.29) is 114 Å². The predicted molar refractivity (Wildman–Crippen MR) is 271 cm³/mol. The normalized spacial score (nSPS) is 13.9. The highest BCUT2D eigenvalue weighted by Crippen LogP contribution is 2.11. The molecule has 0 unspecified atom stereocenters. The molecule has 0 saturated heterocycles. The van der Waals surface area contributed by atoms with E-state index in [4.69, 9.17) is 57.3 Å². The van der Waals surface area contributed by atoms with Crippen LogP contribution in [-0.2, 0) is 47.9 Å². The molecule has 424 valence electrons. The van der Waals surface area contributed by atoms with Crippen molar-refractivity contribution in [2.24, 2.45) is 83.2 Å². The average Bonchev–Trinajstić information content (AvgIpc) is 3.30. The number of aliphatic hydroxyl groups excluding tert-OH is 1. The third-order valence-electron chi connectivity index (χ3n) is 10.2. The molecule has 0 aromatic heterocycles. The molecule has 34 nitrogen and oxygen atoms in total. The summed E-state index contributed by atoms with van der Waals surface area (Å²) in [7, 11) is 0. The number of rotatable bonds is 38. The Labute approximate surface area is 431 Å². The van der Waals surface area contributed by atoms with E-state index >= 15 is 0 Å². The van der Waals surface area contributed by atoms with Gasteiger partial charge < -0.3 is 110 Å². The second-order valence-electron chi connectivity index (χ2n) is 17.2. The summed E-state index contributed by atoms with van der Waals surface area (Å²) in [5, 5.41) is 45.2. The van der Waals surface area contributed by atoms with Gasteiger partial charge in [0.15, 0.2) is 23.8 Å². The molecular weight excluding hydrogens is 995 g/mol. The molecule has 0 aliphatic carbocycles. The lowest BCUT2D eigenvalue weighted by Crippen LogP contribution is -2.60. The topological polar surface area (TPSA) is 625 Å². The van der Waals surface area contributed by atoms with E-state index in [1.807, 2.05) is 0 Å². The number of primary amides is 1. The van der Waals surface area contributed by atoms with Crippen LogP contribution < -0.4 is 94.6 Å². The first-order valence-electron chi connectivity index (χ1n) is 23.5. The van der Waals surface area contributed by atoms with Gasteiger partial charge in [-0.3, -0.25) is 63.1 Å². The minimum Gasteiger partial charge on any atom is -0.481 e. The summed E-state index contributed by atoms with van der Waals surface area (Å²) in [6, 6.07) is -12.7. The molecule has 0 spiro atoms. The van der Waals surface area contributed by atoms with Crippen LogP contribution in [0.5, 0.6) is 0 Å². The SMILES string of the molecule is CC(C)C[C@H](NC(=O)[C@H](CC(N)=O)NC(=O)[C@H](CCCN=C(N)N)NC(=O)[C@H](CCCN=C(N)N)NC(=O)[C@H](CC(=O)O)NC(=O)[C@@H](N)CO)C(=O)N[C@@H](CCCN=C(N)N)C(=O)N[C@@H](CCCN=C(N)N)C(=O)O. The van der Waals surface area contributed by atoms with Crippen molar-refractivity contribution in [1.29, 1.82) is 0 Å². The predicted octanol–water partition coefficient (Wildman–Crippen LogP) is -9.61. The molecule has 0 aliphatic heterocycles. The standard InChI is InChI=1S/C41H77N21O13/c1-19(2)15-25(34(71)57-22(8-4-12-53-39(46)47)32(69)59-24(37(74)75)10-6-14-55-41(50)51)61-35(72)26(16-28(43)64)62-33(70)23(9-5-13-54-40(48)49)56-31(68)21(7-3-11-52-38(44)45)58-36(73)27(17-29(65)66)60-30(67)20(42)18-63/h19-27,63H,3-18,42H2,1-2H3,(H2,43,64)(H,56,68)(H,57,71)(H,58,73)(H,59,69)(H,60,67)(H,61,72)(H,62,70)(H,65,66)(H,74,75)(H4,44,45,52)(H4,46,47,53)(H4,48,49,54)(H4,50,51,55)/t20-,21-,22-,23-,24-,25-,26-,27-/m0/s1. The van der Waals surface area contributed by atoms with Crippen LogP contribution in [0.15, 0.2) is 20.0 Å². The Hall–Kier alpha value is -8.30. The van der Waals surface area contributed by atoms with Crippen LogP contribution in [0.2, 0.25) is 0 Å². The summed E-state index contributed by atoms with van der Waals surface area (Å²) >= 11 is 0. The molecule has 0 rings (SSSR count). The summed E-state index contributed by atoms with van der Waals surface area (Å²) in [5.41, 5.74) is 54.2. The lowest BCUT2D eigenvalue weighted by atomic mass is 10.0. The van der Waals surface area contributed by atoms with E-state index in [0.717, 1.165) is 0 Å². The van der Waals surface area contributed by atoms with E-state index in [1.54, 1.807) is 13.8 Å². The number of aliphatic hydroxyl groups is 1. The highest BCUT2D eigenvalue weighted by Gasteiger charge is 2.35. The molecule has 0 aromatic carbocycles. The van der Waals surface area contributed by atoms with Gasteiger partial charge in [0.05, 0.1) is 19.4 Å². The zero-order chi connectivity index (χ0) is 57.4. The third kappa shape index (κ3) is 30.4. The number of carbonyl (C=O) groups excluding carboxylic acids is 8. The van der Waals surface area contributed by atoms with Crippen LogP contribution in [0.3, 0.4) is 0 Å². The van der Waals surface area contributed by atoms with Crippen molar-refractivity contribution in [3.05, 3.63) is 0 Å². The van der Waals surface area contributed by atoms with E-state index < -0.39 is 127 Å². The third-order valence-corrected chi connectivity index (χ3v) is 10.2. The van der Waals surface area contributed by atoms with Crippen LogP contribution >= 0.6 is 0 Å². The molecule has 0 aromatic rings. The Morgan fingerprint density at radius 1 is 0.413 bits per heavy atom. The van der Waals surface area contributed by atoms with Crippen molar-refractivity contribution in [3.8, 4) is 0 Å². The molecule has 75 heavy (non-hydrogen) atoms. The van der Waals surface area contributed by atoms with Gasteiger partial charge in [-0.15, -0.1) is 0 Å². The van der Waals surface area contributed by atoms with Gasteiger partial charge >= 0.3 is 11.9 Å². The smallest absolute Gasteiger partial charge is 0.326 e. The van der Waals surface area contributed by atoms with Gasteiger partial charge in [0.1, 0.15) is 48.3 Å². The Kier molecular flexibility index (Phi) is 31.8. The highest BCUT2D eigenvalue weighted by atomic mass is 16.4. The number of nitrogens with zero attached hydrogens (tertiary/aromatic N) is 4. The Morgan fingerprint density at radius 2 is 0.693 bits per heavy atom. The highest BCUT2D eigenvalue weighted by molar-refractivity contribution is 5.99. The van der Waals surface area contributed by atoms with Gasteiger partial charge in [-0.1, -0.05) is 13.8 Å². The quantitative estimate of drug-likeness (QED) is 0.0155. The molecule has 0 fully saturated rings. The molecule has 30 N–H and O–H groups in total. The second-order valence-corrected chi connectivity index (χ2v) is 17.2. The van der Waals surface area contributed by atoms with Gasteiger partial charge in [-0.05, 0) is 63.7 Å². The van der Waals surface area contributed by atoms with E-state index in [2.05, 4.69) is 57.2 Å². The molecule has 0 bridgehead atoms. The molecule has 0 radical (unpaired) electrons. The van der Waals surface area contributed by atoms with Crippen LogP contribution in [0.25, 0.3) is 0 Å². The summed E-state index contributed by atoms with van der Waals surface area (Å²) in [6.45, 7) is 2.41. The summed E-state index contributed by atoms with van der Waals surface area (Å²) < 4.78 is 0. The zero-order valence-corrected chi connectivity index (χ0v) is 42.0. The number of hydrogen-bond donors (Lipinski definition) is 20. The minimum absolute atomic E-state index is 0.00256. The number of amides is 8. The number of aliphatic imine (C=N–C) groups is 4. The maximum Gasteiger partial charge on any atom is 0.326 e. The molecule has 0 aliphatic rings. The number of guanidine groups is 4. The van der Waals surface area contributed by atoms with Crippen molar-refractivity contribution in [3.63, 3.8) is 0 Å². The summed E-state index contributed by atoms with van der Waals surface area (Å²) in [5.74, 6) is -13.0. The summed E-state index contributed by atoms with van der Waals surface area (Å²) in [4.78, 5) is 147. The number of nitrogens with one attached hydrogen (secondary N) is 7. The second kappa shape index (κ2) is 35.8. The van der Waals surface area contributed by atoms with Crippen LogP contribution in [0.1, 0.15) is 84.5 Å². The lowest BCUT2D eigenvalue weighted by molar-refractivity contribution is -0.142. The van der Waals surface area contributed by atoms with Crippen molar-refractivity contribution < 1.29 is 63.3 Å². The fraction of sp³-hybridized carbons (Fsp3) is 0.659. The molecule has 8 amide bonds. The molecule has 0 heterocycles. The maximum absolute atomic E-state index is 14.1. The number of carboxylic acid groups (broad SMARTS) is 2. The molecule has 0 saturated carbocycles. The Balaban J connectivity index is 6.97. The number of carbonyl (C=O) groups is 10. The lowest BCUT2D eigenvalue weighted by Gasteiger charge is -2.28. The minimum atomic E-state index is -1.83. The Morgan fingerprint density at radius 3 is 1.00 bits per heavy atom. The number of nitrogens with two attached hydrogens (primary N) is 10. The first-order chi connectivity index (χ1) is 35.1. The van der Waals surface area contributed by atoms with Crippen molar-refractivity contribution in [2.45, 2.75) is 133 Å². The molecular formula is C41H77N21O13. The van der Waals surface area contributed by atoms with Gasteiger partial charge in [-0.2, -0.15) is 0 Å². The maximum atomic E-state index is 14.1.